The summed E-state index contributed by atoms with van der Waals surface area (Å²) >= 11 is 5.95. The Hall–Kier alpha value is -1.99. The Bertz CT molecular complexity index is 855. The first kappa shape index (κ1) is 13.7. The molecular formula is C14H14ClFN6. The minimum Gasteiger partial charge on any atom is -0.338 e. The van der Waals surface area contributed by atoms with E-state index in [2.05, 4.69) is 31.9 Å². The van der Waals surface area contributed by atoms with Crippen LogP contribution in [0.15, 0.2) is 18.5 Å². The molecule has 114 valence electrons. The van der Waals surface area contributed by atoms with Gasteiger partial charge in [-0.1, -0.05) is 11.6 Å². The zero-order valence-electron chi connectivity index (χ0n) is 12.0. The van der Waals surface area contributed by atoms with Crippen molar-refractivity contribution in [3.05, 3.63) is 29.3 Å². The number of benzene rings is 1. The van der Waals surface area contributed by atoms with Crippen molar-refractivity contribution in [3.63, 3.8) is 0 Å². The molecule has 0 atom stereocenters. The van der Waals surface area contributed by atoms with Gasteiger partial charge in [-0.3, -0.25) is 0 Å². The molecule has 0 amide bonds. The maximum absolute atomic E-state index is 14.3. The van der Waals surface area contributed by atoms with Crippen molar-refractivity contribution >= 4 is 34.1 Å². The summed E-state index contributed by atoms with van der Waals surface area (Å²) in [4.78, 5) is 13.1. The lowest BCUT2D eigenvalue weighted by Gasteiger charge is -2.33. The first-order valence-corrected chi connectivity index (χ1v) is 7.43. The summed E-state index contributed by atoms with van der Waals surface area (Å²) in [5.41, 5.74) is 0.846. The van der Waals surface area contributed by atoms with Gasteiger partial charge in [0.1, 0.15) is 11.8 Å². The summed E-state index contributed by atoms with van der Waals surface area (Å²) in [7, 11) is 2.08. The Morgan fingerprint density at radius 1 is 1.18 bits per heavy atom. The van der Waals surface area contributed by atoms with Crippen molar-refractivity contribution in [2.45, 2.75) is 0 Å². The van der Waals surface area contributed by atoms with Crippen LogP contribution >= 0.6 is 11.6 Å². The van der Waals surface area contributed by atoms with Gasteiger partial charge in [-0.05, 0) is 19.2 Å². The highest BCUT2D eigenvalue weighted by Crippen LogP contribution is 2.27. The van der Waals surface area contributed by atoms with E-state index in [1.807, 2.05) is 0 Å². The minimum atomic E-state index is -0.441. The lowest BCUT2D eigenvalue weighted by Crippen LogP contribution is -2.45. The molecule has 4 rings (SSSR count). The molecule has 8 heteroatoms. The second-order valence-corrected chi connectivity index (χ2v) is 5.92. The summed E-state index contributed by atoms with van der Waals surface area (Å²) in [6.07, 6.45) is 1.45. The predicted octanol–water partition coefficient (Wildman–Crippen LogP) is 1.82. The molecule has 0 N–H and O–H groups in total. The molecule has 0 spiro atoms. The van der Waals surface area contributed by atoms with Crippen LogP contribution < -0.4 is 4.90 Å². The van der Waals surface area contributed by atoms with Gasteiger partial charge < -0.3 is 9.80 Å². The van der Waals surface area contributed by atoms with Crippen molar-refractivity contribution in [1.82, 2.24) is 24.5 Å². The molecule has 1 aliphatic rings. The van der Waals surface area contributed by atoms with E-state index in [9.17, 15) is 4.39 Å². The number of hydrogen-bond acceptors (Lipinski definition) is 5. The van der Waals surface area contributed by atoms with Gasteiger partial charge >= 0.3 is 0 Å². The second-order valence-electron chi connectivity index (χ2n) is 5.48. The zero-order chi connectivity index (χ0) is 15.3. The Kier molecular flexibility index (Phi) is 3.12. The molecule has 3 heterocycles. The highest BCUT2D eigenvalue weighted by molar-refractivity contribution is 6.31. The first-order chi connectivity index (χ1) is 10.6. The molecule has 2 aromatic heterocycles. The van der Waals surface area contributed by atoms with Gasteiger partial charge in [0.25, 0.3) is 0 Å². The third-order valence-corrected chi connectivity index (χ3v) is 4.22. The topological polar surface area (TPSA) is 49.6 Å². The average molecular weight is 321 g/mol. The highest BCUT2D eigenvalue weighted by atomic mass is 35.5. The maximum Gasteiger partial charge on any atom is 0.229 e. The molecule has 1 aromatic carbocycles. The van der Waals surface area contributed by atoms with Gasteiger partial charge in [0.15, 0.2) is 11.5 Å². The number of nitrogens with zero attached hydrogens (tertiary/aromatic N) is 6. The van der Waals surface area contributed by atoms with Crippen LogP contribution in [-0.4, -0.2) is 57.7 Å². The Morgan fingerprint density at radius 2 is 1.95 bits per heavy atom. The van der Waals surface area contributed by atoms with E-state index >= 15 is 0 Å². The number of piperazine rings is 1. The van der Waals surface area contributed by atoms with E-state index < -0.39 is 5.82 Å². The molecule has 3 aromatic rings. The van der Waals surface area contributed by atoms with E-state index in [1.165, 1.54) is 12.4 Å². The molecule has 1 saturated heterocycles. The molecular weight excluding hydrogens is 307 g/mol. The van der Waals surface area contributed by atoms with Crippen LogP contribution in [0.25, 0.3) is 16.6 Å². The summed E-state index contributed by atoms with van der Waals surface area (Å²) < 4.78 is 15.9. The number of hydrogen-bond donors (Lipinski definition) is 0. The van der Waals surface area contributed by atoms with Crippen LogP contribution in [-0.2, 0) is 0 Å². The number of anilines is 1. The van der Waals surface area contributed by atoms with E-state index in [1.54, 1.807) is 10.6 Å². The molecule has 6 nitrogen and oxygen atoms in total. The molecule has 1 fully saturated rings. The van der Waals surface area contributed by atoms with Gasteiger partial charge in [-0.15, -0.1) is 0 Å². The molecule has 0 radical (unpaired) electrons. The molecule has 0 saturated carbocycles. The maximum atomic E-state index is 14.3. The SMILES string of the molecule is CN1CCN(c2nc3c(F)cc(Cl)cc3c3ncnn23)CC1. The Morgan fingerprint density at radius 3 is 2.73 bits per heavy atom. The molecule has 0 aliphatic carbocycles. The van der Waals surface area contributed by atoms with Crippen LogP contribution in [0, 0.1) is 5.82 Å². The molecule has 22 heavy (non-hydrogen) atoms. The van der Waals surface area contributed by atoms with Gasteiger partial charge in [0.05, 0.1) is 0 Å². The van der Waals surface area contributed by atoms with Crippen molar-refractivity contribution < 1.29 is 4.39 Å². The monoisotopic (exact) mass is 320 g/mol. The predicted molar refractivity (Wildman–Crippen MR) is 83.0 cm³/mol. The normalized spacial score (nSPS) is 16.8. The van der Waals surface area contributed by atoms with E-state index in [4.69, 9.17) is 11.6 Å². The third-order valence-electron chi connectivity index (χ3n) is 4.00. The fraction of sp³-hybridized carbons (Fsp3) is 0.357. The van der Waals surface area contributed by atoms with Crippen molar-refractivity contribution in [2.24, 2.45) is 0 Å². The van der Waals surface area contributed by atoms with Crippen LogP contribution in [0.4, 0.5) is 10.3 Å². The number of halogens is 2. The Labute approximate surface area is 131 Å². The van der Waals surface area contributed by atoms with E-state index in [-0.39, 0.29) is 5.52 Å². The van der Waals surface area contributed by atoms with Gasteiger partial charge in [0, 0.05) is 36.6 Å². The van der Waals surface area contributed by atoms with Gasteiger partial charge in [0.2, 0.25) is 5.95 Å². The summed E-state index contributed by atoms with van der Waals surface area (Å²) in [5, 5.41) is 5.14. The zero-order valence-corrected chi connectivity index (χ0v) is 12.8. The van der Waals surface area contributed by atoms with Gasteiger partial charge in [-0.2, -0.15) is 9.61 Å². The first-order valence-electron chi connectivity index (χ1n) is 7.05. The lowest BCUT2D eigenvalue weighted by atomic mass is 10.2. The summed E-state index contributed by atoms with van der Waals surface area (Å²) in [6, 6.07) is 2.95. The molecule has 0 unspecified atom stereocenters. The van der Waals surface area contributed by atoms with Crippen molar-refractivity contribution in [3.8, 4) is 0 Å². The van der Waals surface area contributed by atoms with Crippen molar-refractivity contribution in [2.75, 3.05) is 38.1 Å². The fourth-order valence-corrected chi connectivity index (χ4v) is 2.98. The van der Waals surface area contributed by atoms with Gasteiger partial charge in [-0.25, -0.2) is 14.4 Å². The lowest BCUT2D eigenvalue weighted by molar-refractivity contribution is 0.310. The number of aromatic nitrogens is 4. The largest absolute Gasteiger partial charge is 0.338 e. The quantitative estimate of drug-likeness (QED) is 0.684. The Balaban J connectivity index is 1.95. The highest BCUT2D eigenvalue weighted by Gasteiger charge is 2.21. The van der Waals surface area contributed by atoms with E-state index in [0.717, 1.165) is 26.2 Å². The summed E-state index contributed by atoms with van der Waals surface area (Å²) in [5.74, 6) is 0.178. The minimum absolute atomic E-state index is 0.277. The fourth-order valence-electron chi connectivity index (χ4n) is 2.78. The molecule has 1 aliphatic heterocycles. The van der Waals surface area contributed by atoms with E-state index in [0.29, 0.717) is 22.0 Å². The average Bonchev–Trinajstić information content (AvgIpc) is 2.97. The standard InChI is InChI=1S/C14H14ClFN6/c1-20-2-4-21(5-3-20)14-19-12-10(6-9(15)7-11(12)16)13-17-8-18-22(13)14/h6-8H,2-5H2,1H3. The second kappa shape index (κ2) is 5.03. The summed E-state index contributed by atoms with van der Waals surface area (Å²) in [6.45, 7) is 3.50. The van der Waals surface area contributed by atoms with Crippen LogP contribution in [0.5, 0.6) is 0 Å². The molecule has 0 bridgehead atoms. The van der Waals surface area contributed by atoms with Crippen LogP contribution in [0.1, 0.15) is 0 Å². The smallest absolute Gasteiger partial charge is 0.229 e. The van der Waals surface area contributed by atoms with Crippen molar-refractivity contribution in [1.29, 1.82) is 0 Å². The third kappa shape index (κ3) is 2.08. The van der Waals surface area contributed by atoms with Crippen LogP contribution in [0.3, 0.4) is 0 Å². The number of fused-ring (bicyclic) bond motifs is 3. The number of likely N-dealkylation sites (N-methyl/N-ethyl adjacent to an activating group) is 1. The van der Waals surface area contributed by atoms with Crippen LogP contribution in [0.2, 0.25) is 5.02 Å². The number of rotatable bonds is 1.